The number of hydrogen-bond acceptors (Lipinski definition) is 4. The third-order valence-corrected chi connectivity index (χ3v) is 5.84. The zero-order valence-electron chi connectivity index (χ0n) is 21.5. The van der Waals surface area contributed by atoms with Crippen LogP contribution in [0.2, 0.25) is 0 Å². The van der Waals surface area contributed by atoms with Crippen molar-refractivity contribution < 1.29 is 19.4 Å². The fourth-order valence-corrected chi connectivity index (χ4v) is 3.73. The second kappa shape index (κ2) is 26.4. The Balaban J connectivity index is 3.48. The maximum Gasteiger partial charge on any atom is 0.306 e. The molecule has 190 valence electrons. The average Bonchev–Trinajstić information content (AvgIpc) is 2.80. The second-order valence-electron chi connectivity index (χ2n) is 9.12. The number of hydrogen-bond donors (Lipinski definition) is 1. The summed E-state index contributed by atoms with van der Waals surface area (Å²) < 4.78 is 11.0. The molecule has 0 radical (unpaired) electrons. The molecular weight excluding hydrogens is 400 g/mol. The number of carbonyl (C=O) groups excluding carboxylic acids is 1. The third-order valence-electron chi connectivity index (χ3n) is 5.84. The number of allylic oxidation sites excluding steroid dienone is 2. The fourth-order valence-electron chi connectivity index (χ4n) is 3.73. The predicted octanol–water partition coefficient (Wildman–Crippen LogP) is 7.92. The van der Waals surface area contributed by atoms with E-state index >= 15 is 0 Å². The van der Waals surface area contributed by atoms with Crippen molar-refractivity contribution in [3.8, 4) is 0 Å². The number of carbonyl (C=O) groups is 1. The minimum atomic E-state index is -0.527. The minimum Gasteiger partial charge on any atom is -0.457 e. The van der Waals surface area contributed by atoms with Crippen molar-refractivity contribution in [2.75, 3.05) is 19.8 Å². The summed E-state index contributed by atoms with van der Waals surface area (Å²) in [4.78, 5) is 12.0. The van der Waals surface area contributed by atoms with Crippen molar-refractivity contribution in [3.05, 3.63) is 12.2 Å². The zero-order chi connectivity index (χ0) is 23.5. The van der Waals surface area contributed by atoms with Gasteiger partial charge in [0.25, 0.3) is 0 Å². The molecule has 1 atom stereocenters. The highest BCUT2D eigenvalue weighted by atomic mass is 16.6. The van der Waals surface area contributed by atoms with Gasteiger partial charge >= 0.3 is 5.97 Å². The molecule has 0 aromatic rings. The molecule has 0 aliphatic rings. The minimum absolute atomic E-state index is 0.171. The van der Waals surface area contributed by atoms with Crippen LogP contribution in [-0.4, -0.2) is 37.0 Å². The summed E-state index contributed by atoms with van der Waals surface area (Å²) in [6, 6.07) is 0. The van der Waals surface area contributed by atoms with Gasteiger partial charge in [-0.3, -0.25) is 4.79 Å². The van der Waals surface area contributed by atoms with Gasteiger partial charge in [0.1, 0.15) is 6.10 Å². The lowest BCUT2D eigenvalue weighted by atomic mass is 10.1. The molecule has 0 aliphatic carbocycles. The summed E-state index contributed by atoms with van der Waals surface area (Å²) in [7, 11) is 0. The first kappa shape index (κ1) is 31.1. The lowest BCUT2D eigenvalue weighted by Gasteiger charge is -2.15. The standard InChI is InChI=1S/C28H54O4/c1-3-5-7-9-11-13-14-15-16-17-19-21-23-28(30)32-27(25-29)26-31-24-22-20-18-12-10-8-6-4-2/h11,13,27,29H,3-10,12,14-26H2,1-2H3/b13-11-. The van der Waals surface area contributed by atoms with Crippen molar-refractivity contribution in [2.24, 2.45) is 0 Å². The summed E-state index contributed by atoms with van der Waals surface area (Å²) in [5.74, 6) is -0.213. The normalized spacial score (nSPS) is 12.5. The van der Waals surface area contributed by atoms with Gasteiger partial charge in [-0.25, -0.2) is 0 Å². The summed E-state index contributed by atoms with van der Waals surface area (Å²) in [5.41, 5.74) is 0. The van der Waals surface area contributed by atoms with Crippen molar-refractivity contribution in [3.63, 3.8) is 0 Å². The molecule has 0 rings (SSSR count). The highest BCUT2D eigenvalue weighted by Crippen LogP contribution is 2.11. The first-order chi connectivity index (χ1) is 15.7. The predicted molar refractivity (Wildman–Crippen MR) is 136 cm³/mol. The molecule has 0 bridgehead atoms. The Kier molecular flexibility index (Phi) is 25.7. The first-order valence-electron chi connectivity index (χ1n) is 13.8. The molecule has 1 N–H and O–H groups in total. The molecule has 0 heterocycles. The van der Waals surface area contributed by atoms with Gasteiger partial charge in [0, 0.05) is 13.0 Å². The van der Waals surface area contributed by atoms with Crippen LogP contribution < -0.4 is 0 Å². The van der Waals surface area contributed by atoms with Crippen LogP contribution in [0.5, 0.6) is 0 Å². The third kappa shape index (κ3) is 23.8. The van der Waals surface area contributed by atoms with Crippen molar-refractivity contribution in [1.29, 1.82) is 0 Å². The van der Waals surface area contributed by atoms with Crippen LogP contribution in [0.25, 0.3) is 0 Å². The van der Waals surface area contributed by atoms with E-state index in [9.17, 15) is 9.90 Å². The highest BCUT2D eigenvalue weighted by Gasteiger charge is 2.13. The number of aliphatic hydroxyl groups excluding tert-OH is 1. The largest absolute Gasteiger partial charge is 0.457 e. The van der Waals surface area contributed by atoms with Crippen LogP contribution in [0, 0.1) is 0 Å². The van der Waals surface area contributed by atoms with Gasteiger partial charge in [-0.1, -0.05) is 103 Å². The molecular formula is C28H54O4. The van der Waals surface area contributed by atoms with Crippen molar-refractivity contribution in [1.82, 2.24) is 0 Å². The van der Waals surface area contributed by atoms with Gasteiger partial charge in [-0.15, -0.1) is 0 Å². The maximum atomic E-state index is 12.0. The lowest BCUT2D eigenvalue weighted by molar-refractivity contribution is -0.154. The molecule has 0 fully saturated rings. The van der Waals surface area contributed by atoms with E-state index in [2.05, 4.69) is 26.0 Å². The summed E-state index contributed by atoms with van der Waals surface area (Å²) >= 11 is 0. The van der Waals surface area contributed by atoms with Gasteiger partial charge in [-0.05, 0) is 38.5 Å². The molecule has 1 unspecified atom stereocenters. The Labute approximate surface area is 199 Å². The van der Waals surface area contributed by atoms with E-state index in [1.807, 2.05) is 0 Å². The molecule has 0 aromatic carbocycles. The number of esters is 1. The van der Waals surface area contributed by atoms with E-state index < -0.39 is 6.10 Å². The fraction of sp³-hybridized carbons (Fsp3) is 0.893. The first-order valence-corrected chi connectivity index (χ1v) is 13.8. The van der Waals surface area contributed by atoms with E-state index in [4.69, 9.17) is 9.47 Å². The maximum absolute atomic E-state index is 12.0. The molecule has 0 aliphatic heterocycles. The summed E-state index contributed by atoms with van der Waals surface area (Å²) in [6.07, 6.45) is 26.6. The Morgan fingerprint density at radius 1 is 0.719 bits per heavy atom. The van der Waals surface area contributed by atoms with E-state index in [0.29, 0.717) is 19.6 Å². The Bertz CT molecular complexity index is 408. The van der Waals surface area contributed by atoms with Gasteiger partial charge in [0.15, 0.2) is 0 Å². The Hall–Kier alpha value is -0.870. The molecule has 0 saturated carbocycles. The van der Waals surface area contributed by atoms with E-state index in [1.165, 1.54) is 96.3 Å². The van der Waals surface area contributed by atoms with Crippen LogP contribution in [0.4, 0.5) is 0 Å². The molecule has 0 aromatic heterocycles. The monoisotopic (exact) mass is 454 g/mol. The van der Waals surface area contributed by atoms with E-state index in [1.54, 1.807) is 0 Å². The summed E-state index contributed by atoms with van der Waals surface area (Å²) in [6.45, 7) is 5.28. The highest BCUT2D eigenvalue weighted by molar-refractivity contribution is 5.69. The SMILES string of the molecule is CCCCC/C=C\CCCCCCCC(=O)OC(CO)COCCCCCCCCCC. The number of ether oxygens (including phenoxy) is 2. The van der Waals surface area contributed by atoms with E-state index in [0.717, 1.165) is 19.3 Å². The van der Waals surface area contributed by atoms with Crippen LogP contribution in [0.15, 0.2) is 12.2 Å². The smallest absolute Gasteiger partial charge is 0.306 e. The van der Waals surface area contributed by atoms with Gasteiger partial charge < -0.3 is 14.6 Å². The molecule has 4 nitrogen and oxygen atoms in total. The molecule has 32 heavy (non-hydrogen) atoms. The van der Waals surface area contributed by atoms with E-state index in [-0.39, 0.29) is 12.6 Å². The topological polar surface area (TPSA) is 55.8 Å². The van der Waals surface area contributed by atoms with Gasteiger partial charge in [0.05, 0.1) is 13.2 Å². The zero-order valence-corrected chi connectivity index (χ0v) is 21.5. The number of rotatable bonds is 25. The Morgan fingerprint density at radius 3 is 1.84 bits per heavy atom. The number of aliphatic hydroxyl groups is 1. The van der Waals surface area contributed by atoms with Crippen LogP contribution in [-0.2, 0) is 14.3 Å². The molecule has 0 spiro atoms. The van der Waals surface area contributed by atoms with Gasteiger partial charge in [0.2, 0.25) is 0 Å². The van der Waals surface area contributed by atoms with Crippen LogP contribution in [0.1, 0.15) is 136 Å². The Morgan fingerprint density at radius 2 is 1.22 bits per heavy atom. The van der Waals surface area contributed by atoms with Crippen LogP contribution in [0.3, 0.4) is 0 Å². The molecule has 0 amide bonds. The second-order valence-corrected chi connectivity index (χ2v) is 9.12. The van der Waals surface area contributed by atoms with Gasteiger partial charge in [-0.2, -0.15) is 0 Å². The van der Waals surface area contributed by atoms with Crippen LogP contribution >= 0.6 is 0 Å². The lowest BCUT2D eigenvalue weighted by Crippen LogP contribution is -2.27. The van der Waals surface area contributed by atoms with Crippen molar-refractivity contribution >= 4 is 5.97 Å². The van der Waals surface area contributed by atoms with Crippen molar-refractivity contribution in [2.45, 2.75) is 142 Å². The molecule has 4 heteroatoms. The number of unbranched alkanes of at least 4 members (excludes halogenated alkanes) is 15. The quantitative estimate of drug-likeness (QED) is 0.0864. The average molecular weight is 455 g/mol. The molecule has 0 saturated heterocycles. The summed E-state index contributed by atoms with van der Waals surface area (Å²) in [5, 5.41) is 9.43.